The summed E-state index contributed by atoms with van der Waals surface area (Å²) < 4.78 is 53.3. The summed E-state index contributed by atoms with van der Waals surface area (Å²) >= 11 is 0. The van der Waals surface area contributed by atoms with Crippen molar-refractivity contribution in [3.05, 3.63) is 52.8 Å². The monoisotopic (exact) mass is 448 g/mol. The number of hydrogen-bond acceptors (Lipinski definition) is 6. The number of aromatic nitrogens is 1. The predicted octanol–water partition coefficient (Wildman–Crippen LogP) is 4.01. The minimum absolute atomic E-state index is 0.0991. The molecule has 0 radical (unpaired) electrons. The Hall–Kier alpha value is -3.48. The van der Waals surface area contributed by atoms with E-state index in [9.17, 15) is 18.0 Å². The highest BCUT2D eigenvalue weighted by atomic mass is 19.1. The lowest BCUT2D eigenvalue weighted by Crippen LogP contribution is -2.50. The summed E-state index contributed by atoms with van der Waals surface area (Å²) in [7, 11) is 0. The van der Waals surface area contributed by atoms with Crippen molar-refractivity contribution < 1.29 is 27.4 Å². The number of halogens is 3. The maximum absolute atomic E-state index is 14.4. The molecule has 7 nitrogen and oxygen atoms in total. The number of benzene rings is 1. The van der Waals surface area contributed by atoms with Gasteiger partial charge in [-0.15, -0.1) is 0 Å². The van der Waals surface area contributed by atoms with Crippen LogP contribution in [-0.2, 0) is 11.3 Å². The fraction of sp³-hybridized carbons (Fsp3) is 0.409. The average Bonchev–Trinajstić information content (AvgIpc) is 2.73. The minimum atomic E-state index is -1.02. The summed E-state index contributed by atoms with van der Waals surface area (Å²) in [4.78, 5) is 19.2. The van der Waals surface area contributed by atoms with Crippen molar-refractivity contribution in [1.29, 1.82) is 5.26 Å². The van der Waals surface area contributed by atoms with Crippen LogP contribution in [-0.4, -0.2) is 47.8 Å². The van der Waals surface area contributed by atoms with Crippen LogP contribution in [0, 0.1) is 28.8 Å². The van der Waals surface area contributed by atoms with Crippen LogP contribution in [0.1, 0.15) is 31.9 Å². The number of carbonyl (C=O) groups is 1. The molecule has 0 aliphatic carbocycles. The number of hydrogen-bond donors (Lipinski definition) is 0. The highest BCUT2D eigenvalue weighted by Crippen LogP contribution is 2.26. The van der Waals surface area contributed by atoms with E-state index in [-0.39, 0.29) is 49.7 Å². The van der Waals surface area contributed by atoms with Gasteiger partial charge in [0, 0.05) is 37.8 Å². The molecule has 0 atom stereocenters. The highest BCUT2D eigenvalue weighted by Gasteiger charge is 2.28. The van der Waals surface area contributed by atoms with Crippen LogP contribution in [0.15, 0.2) is 24.3 Å². The molecule has 2 heterocycles. The molecular weight excluding hydrogens is 425 g/mol. The topological polar surface area (TPSA) is 78.7 Å². The lowest BCUT2D eigenvalue weighted by molar-refractivity contribution is 0.0240. The van der Waals surface area contributed by atoms with Crippen LogP contribution >= 0.6 is 0 Å². The number of amides is 1. The summed E-state index contributed by atoms with van der Waals surface area (Å²) in [6.45, 7) is 6.04. The molecule has 1 aromatic heterocycles. The lowest BCUT2D eigenvalue weighted by atomic mass is 10.1. The molecule has 1 fully saturated rings. The van der Waals surface area contributed by atoms with Gasteiger partial charge in [-0.05, 0) is 32.9 Å². The molecule has 32 heavy (non-hydrogen) atoms. The van der Waals surface area contributed by atoms with E-state index in [2.05, 4.69) is 4.98 Å². The smallest absolute Gasteiger partial charge is 0.410 e. The first-order chi connectivity index (χ1) is 15.1. The number of anilines is 1. The third-order valence-corrected chi connectivity index (χ3v) is 4.66. The SMILES string of the molecule is CC(C)(C)OC(=O)N1CCN(c2nc(OCc3ccc(C#N)cc3F)c(F)cc2F)CC1. The van der Waals surface area contributed by atoms with Crippen LogP contribution in [0.5, 0.6) is 5.88 Å². The van der Waals surface area contributed by atoms with E-state index in [0.717, 1.165) is 6.07 Å². The Morgan fingerprint density at radius 1 is 1.09 bits per heavy atom. The third kappa shape index (κ3) is 5.60. The largest absolute Gasteiger partial charge is 0.471 e. The zero-order valence-electron chi connectivity index (χ0n) is 18.0. The fourth-order valence-electron chi connectivity index (χ4n) is 3.07. The molecule has 1 amide bonds. The number of carbonyl (C=O) groups excluding carboxylic acids is 1. The van der Waals surface area contributed by atoms with Crippen molar-refractivity contribution in [1.82, 2.24) is 9.88 Å². The molecule has 1 aliphatic rings. The normalized spacial score (nSPS) is 14.2. The Bertz CT molecular complexity index is 1040. The van der Waals surface area contributed by atoms with Crippen molar-refractivity contribution in [3.63, 3.8) is 0 Å². The van der Waals surface area contributed by atoms with Gasteiger partial charge in [0.1, 0.15) is 18.0 Å². The molecule has 1 aromatic carbocycles. The van der Waals surface area contributed by atoms with Crippen molar-refractivity contribution in [2.24, 2.45) is 0 Å². The van der Waals surface area contributed by atoms with Gasteiger partial charge in [-0.3, -0.25) is 0 Å². The second-order valence-corrected chi connectivity index (χ2v) is 8.24. The molecule has 1 saturated heterocycles. The van der Waals surface area contributed by atoms with Gasteiger partial charge in [0.2, 0.25) is 0 Å². The van der Waals surface area contributed by atoms with Crippen molar-refractivity contribution in [2.45, 2.75) is 33.0 Å². The van der Waals surface area contributed by atoms with Crippen LogP contribution in [0.25, 0.3) is 0 Å². The maximum atomic E-state index is 14.4. The molecule has 0 spiro atoms. The summed E-state index contributed by atoms with van der Waals surface area (Å²) in [6, 6.07) is 6.28. The van der Waals surface area contributed by atoms with Crippen LogP contribution < -0.4 is 9.64 Å². The molecule has 170 valence electrons. The predicted molar refractivity (Wildman–Crippen MR) is 110 cm³/mol. The second kappa shape index (κ2) is 9.34. The first-order valence-electron chi connectivity index (χ1n) is 9.97. The average molecular weight is 448 g/mol. The first kappa shape index (κ1) is 23.2. The molecule has 0 saturated carbocycles. The Morgan fingerprint density at radius 3 is 2.38 bits per heavy atom. The summed E-state index contributed by atoms with van der Waals surface area (Å²) in [5.41, 5.74) is -0.383. The van der Waals surface area contributed by atoms with Crippen molar-refractivity contribution in [2.75, 3.05) is 31.1 Å². The van der Waals surface area contributed by atoms with Crippen LogP contribution in [0.3, 0.4) is 0 Å². The van der Waals surface area contributed by atoms with Crippen molar-refractivity contribution in [3.8, 4) is 11.9 Å². The highest BCUT2D eigenvalue weighted by molar-refractivity contribution is 5.68. The maximum Gasteiger partial charge on any atom is 0.410 e. The van der Waals surface area contributed by atoms with Crippen molar-refractivity contribution >= 4 is 11.9 Å². The molecule has 10 heteroatoms. The number of nitriles is 1. The molecule has 3 rings (SSSR count). The van der Waals surface area contributed by atoms with Gasteiger partial charge in [0.15, 0.2) is 17.5 Å². The quantitative estimate of drug-likeness (QED) is 0.704. The molecule has 1 aliphatic heterocycles. The fourth-order valence-corrected chi connectivity index (χ4v) is 3.07. The second-order valence-electron chi connectivity index (χ2n) is 8.24. The van der Waals surface area contributed by atoms with E-state index in [0.29, 0.717) is 6.07 Å². The zero-order valence-corrected chi connectivity index (χ0v) is 18.0. The first-order valence-corrected chi connectivity index (χ1v) is 9.97. The number of nitrogens with zero attached hydrogens (tertiary/aromatic N) is 4. The van der Waals surface area contributed by atoms with Gasteiger partial charge in [0.25, 0.3) is 5.88 Å². The van der Waals surface area contributed by atoms with E-state index in [1.54, 1.807) is 25.7 Å². The van der Waals surface area contributed by atoms with Gasteiger partial charge in [-0.2, -0.15) is 10.2 Å². The summed E-state index contributed by atoms with van der Waals surface area (Å²) in [5.74, 6) is -3.16. The van der Waals surface area contributed by atoms with Gasteiger partial charge < -0.3 is 19.3 Å². The molecule has 0 unspecified atom stereocenters. The number of rotatable bonds is 4. The Morgan fingerprint density at radius 2 is 1.78 bits per heavy atom. The zero-order chi connectivity index (χ0) is 23.5. The number of pyridine rings is 1. The number of ether oxygens (including phenoxy) is 2. The van der Waals surface area contributed by atoms with E-state index < -0.39 is 35.0 Å². The van der Waals surface area contributed by atoms with E-state index in [1.807, 2.05) is 6.07 Å². The standard InChI is InChI=1S/C22H23F3N4O3/c1-22(2,3)32-21(30)29-8-6-28(7-9-29)19-17(24)11-18(25)20(27-19)31-13-15-5-4-14(12-26)10-16(15)23/h4-5,10-11H,6-9,13H2,1-3H3. The van der Waals surface area contributed by atoms with Gasteiger partial charge >= 0.3 is 6.09 Å². The molecule has 0 bridgehead atoms. The number of piperazine rings is 1. The van der Waals surface area contributed by atoms with E-state index in [1.165, 1.54) is 17.0 Å². The van der Waals surface area contributed by atoms with E-state index >= 15 is 0 Å². The van der Waals surface area contributed by atoms with Crippen LogP contribution in [0.4, 0.5) is 23.8 Å². The third-order valence-electron chi connectivity index (χ3n) is 4.66. The van der Waals surface area contributed by atoms with Gasteiger partial charge in [-0.25, -0.2) is 18.0 Å². The Balaban J connectivity index is 1.68. The molecule has 2 aromatic rings. The minimum Gasteiger partial charge on any atom is -0.471 e. The van der Waals surface area contributed by atoms with Gasteiger partial charge in [-0.1, -0.05) is 6.07 Å². The molecule has 0 N–H and O–H groups in total. The summed E-state index contributed by atoms with van der Waals surface area (Å²) in [6.07, 6.45) is -0.460. The van der Waals surface area contributed by atoms with Gasteiger partial charge in [0.05, 0.1) is 11.6 Å². The van der Waals surface area contributed by atoms with E-state index in [4.69, 9.17) is 14.7 Å². The Labute approximate surface area is 184 Å². The molecular formula is C22H23F3N4O3. The lowest BCUT2D eigenvalue weighted by Gasteiger charge is -2.36. The Kier molecular flexibility index (Phi) is 6.77. The summed E-state index contributed by atoms with van der Waals surface area (Å²) in [5, 5.41) is 8.80. The van der Waals surface area contributed by atoms with Crippen LogP contribution in [0.2, 0.25) is 0 Å².